The average molecular weight is 399 g/mol. The number of carboxylic acid groups (broad SMARTS) is 1. The van der Waals surface area contributed by atoms with Gasteiger partial charge in [-0.05, 0) is 50.8 Å². The molecule has 1 aromatic rings. The molecule has 0 atom stereocenters. The zero-order valence-electron chi connectivity index (χ0n) is 9.54. The second-order valence-corrected chi connectivity index (χ2v) is 6.92. The number of thiophene rings is 1. The number of rotatable bonds is 7. The number of carbonyl (C=O) groups is 2. The van der Waals surface area contributed by atoms with E-state index in [9.17, 15) is 9.59 Å². The van der Waals surface area contributed by atoms with Crippen molar-refractivity contribution in [1.29, 1.82) is 0 Å². The van der Waals surface area contributed by atoms with Crippen molar-refractivity contribution < 1.29 is 14.7 Å². The first kappa shape index (κ1) is 15.7. The molecule has 0 aliphatic heterocycles. The Labute approximate surface area is 126 Å². The molecule has 1 heterocycles. The van der Waals surface area contributed by atoms with Crippen LogP contribution in [0.1, 0.15) is 35.4 Å². The van der Waals surface area contributed by atoms with Gasteiger partial charge in [-0.15, -0.1) is 11.3 Å². The second-order valence-electron chi connectivity index (χ2n) is 3.69. The van der Waals surface area contributed by atoms with Gasteiger partial charge < -0.3 is 10.4 Å². The molecular formula is C11H13Br2NO3S. The van der Waals surface area contributed by atoms with Gasteiger partial charge in [-0.3, -0.25) is 9.59 Å². The number of unbranched alkanes of at least 4 members (excludes halogenated alkanes) is 2. The topological polar surface area (TPSA) is 66.4 Å². The highest BCUT2D eigenvalue weighted by Gasteiger charge is 2.11. The zero-order chi connectivity index (χ0) is 13.5. The number of carboxylic acids is 1. The van der Waals surface area contributed by atoms with Gasteiger partial charge in [0.25, 0.3) is 5.91 Å². The largest absolute Gasteiger partial charge is 0.481 e. The van der Waals surface area contributed by atoms with E-state index in [1.807, 2.05) is 0 Å². The number of hydrogen-bond donors (Lipinski definition) is 2. The normalized spacial score (nSPS) is 10.3. The van der Waals surface area contributed by atoms with Crippen molar-refractivity contribution in [2.24, 2.45) is 0 Å². The summed E-state index contributed by atoms with van der Waals surface area (Å²) in [6.07, 6.45) is 2.46. The molecule has 18 heavy (non-hydrogen) atoms. The zero-order valence-corrected chi connectivity index (χ0v) is 13.5. The first-order chi connectivity index (χ1) is 8.50. The molecule has 100 valence electrons. The van der Waals surface area contributed by atoms with Crippen molar-refractivity contribution in [3.8, 4) is 0 Å². The van der Waals surface area contributed by atoms with Gasteiger partial charge in [-0.1, -0.05) is 6.42 Å². The summed E-state index contributed by atoms with van der Waals surface area (Å²) in [4.78, 5) is 22.6. The van der Waals surface area contributed by atoms with Crippen molar-refractivity contribution in [3.63, 3.8) is 0 Å². The molecule has 0 bridgehead atoms. The van der Waals surface area contributed by atoms with Crippen LogP contribution in [0.5, 0.6) is 0 Å². The molecule has 0 saturated heterocycles. The Balaban J connectivity index is 2.19. The van der Waals surface area contributed by atoms with Crippen LogP contribution in [0.15, 0.2) is 14.3 Å². The molecule has 0 aliphatic carbocycles. The summed E-state index contributed by atoms with van der Waals surface area (Å²) in [7, 11) is 0. The highest BCUT2D eigenvalue weighted by molar-refractivity contribution is 9.13. The summed E-state index contributed by atoms with van der Waals surface area (Å²) in [5, 5.41) is 11.3. The molecule has 0 unspecified atom stereocenters. The van der Waals surface area contributed by atoms with E-state index in [2.05, 4.69) is 37.2 Å². The molecule has 7 heteroatoms. The van der Waals surface area contributed by atoms with Crippen LogP contribution in [0.3, 0.4) is 0 Å². The fourth-order valence-electron chi connectivity index (χ4n) is 1.33. The van der Waals surface area contributed by atoms with Crippen molar-refractivity contribution >= 4 is 55.1 Å². The van der Waals surface area contributed by atoms with Crippen LogP contribution in [0.2, 0.25) is 0 Å². The van der Waals surface area contributed by atoms with Gasteiger partial charge in [-0.25, -0.2) is 0 Å². The molecule has 1 rings (SSSR count). The smallest absolute Gasteiger partial charge is 0.303 e. The summed E-state index contributed by atoms with van der Waals surface area (Å²) in [5.74, 6) is -0.864. The number of hydrogen-bond acceptors (Lipinski definition) is 3. The highest BCUT2D eigenvalue weighted by atomic mass is 79.9. The van der Waals surface area contributed by atoms with E-state index >= 15 is 0 Å². The van der Waals surface area contributed by atoms with Gasteiger partial charge in [0.2, 0.25) is 0 Å². The van der Waals surface area contributed by atoms with E-state index in [0.29, 0.717) is 17.8 Å². The van der Waals surface area contributed by atoms with E-state index in [1.54, 1.807) is 6.07 Å². The van der Waals surface area contributed by atoms with E-state index in [4.69, 9.17) is 5.11 Å². The van der Waals surface area contributed by atoms with Crippen molar-refractivity contribution in [1.82, 2.24) is 5.32 Å². The number of nitrogens with one attached hydrogen (secondary N) is 1. The minimum atomic E-state index is -0.771. The predicted molar refractivity (Wildman–Crippen MR) is 78.2 cm³/mol. The third-order valence-corrected chi connectivity index (χ3v) is 5.48. The molecule has 0 spiro atoms. The summed E-state index contributed by atoms with van der Waals surface area (Å²) in [6, 6.07) is 1.77. The Morgan fingerprint density at radius 3 is 2.56 bits per heavy atom. The van der Waals surface area contributed by atoms with Crippen LogP contribution in [-0.2, 0) is 4.79 Å². The molecule has 1 amide bonds. The van der Waals surface area contributed by atoms with Crippen molar-refractivity contribution in [2.45, 2.75) is 25.7 Å². The van der Waals surface area contributed by atoms with Gasteiger partial charge in [0.1, 0.15) is 0 Å². The molecule has 0 aromatic carbocycles. The standard InChI is InChI=1S/C11H13Br2NO3S/c12-7-6-8(18-10(7)13)11(17)14-5-3-1-2-4-9(15)16/h6H,1-5H2,(H,14,17)(H,15,16). The summed E-state index contributed by atoms with van der Waals surface area (Å²) >= 11 is 8.04. The number of aliphatic carboxylic acids is 1. The van der Waals surface area contributed by atoms with Gasteiger partial charge in [0.05, 0.1) is 8.66 Å². The van der Waals surface area contributed by atoms with Crippen LogP contribution in [0.25, 0.3) is 0 Å². The minimum absolute atomic E-state index is 0.0929. The average Bonchev–Trinajstić information content (AvgIpc) is 2.63. The SMILES string of the molecule is O=C(O)CCCCCNC(=O)c1cc(Br)c(Br)s1. The molecule has 2 N–H and O–H groups in total. The monoisotopic (exact) mass is 397 g/mol. The maximum Gasteiger partial charge on any atom is 0.303 e. The fraction of sp³-hybridized carbons (Fsp3) is 0.455. The van der Waals surface area contributed by atoms with Crippen molar-refractivity contribution in [3.05, 3.63) is 19.2 Å². The van der Waals surface area contributed by atoms with Gasteiger partial charge in [0.15, 0.2) is 0 Å². The molecule has 0 fully saturated rings. The Bertz CT molecular complexity index is 414. The summed E-state index contributed by atoms with van der Waals surface area (Å²) < 4.78 is 1.77. The number of carbonyl (C=O) groups excluding carboxylic acids is 1. The van der Waals surface area contributed by atoms with E-state index < -0.39 is 5.97 Å². The highest BCUT2D eigenvalue weighted by Crippen LogP contribution is 2.32. The molecule has 4 nitrogen and oxygen atoms in total. The quantitative estimate of drug-likeness (QED) is 0.689. The predicted octanol–water partition coefficient (Wildman–Crippen LogP) is 3.65. The Kier molecular flexibility index (Phi) is 6.88. The number of amides is 1. The lowest BCUT2D eigenvalue weighted by Crippen LogP contribution is -2.23. The fourth-order valence-corrected chi connectivity index (χ4v) is 3.28. The van der Waals surface area contributed by atoms with Crippen LogP contribution in [0.4, 0.5) is 0 Å². The van der Waals surface area contributed by atoms with Gasteiger partial charge in [0, 0.05) is 17.4 Å². The van der Waals surface area contributed by atoms with Crippen molar-refractivity contribution in [2.75, 3.05) is 6.54 Å². The number of halogens is 2. The van der Waals surface area contributed by atoms with E-state index in [-0.39, 0.29) is 12.3 Å². The first-order valence-corrected chi connectivity index (χ1v) is 7.86. The Morgan fingerprint density at radius 1 is 1.28 bits per heavy atom. The molecule has 0 radical (unpaired) electrons. The Hall–Kier alpha value is -0.400. The Morgan fingerprint density at radius 2 is 2.00 bits per heavy atom. The summed E-state index contributed by atoms with van der Waals surface area (Å²) in [5.41, 5.74) is 0. The van der Waals surface area contributed by atoms with Crippen LogP contribution in [-0.4, -0.2) is 23.5 Å². The third-order valence-electron chi connectivity index (χ3n) is 2.22. The molecular weight excluding hydrogens is 386 g/mol. The molecule has 0 saturated carbocycles. The second kappa shape index (κ2) is 7.91. The van der Waals surface area contributed by atoms with Crippen LogP contribution >= 0.6 is 43.2 Å². The minimum Gasteiger partial charge on any atom is -0.481 e. The molecule has 0 aliphatic rings. The molecule has 1 aromatic heterocycles. The summed E-state index contributed by atoms with van der Waals surface area (Å²) in [6.45, 7) is 0.575. The first-order valence-electron chi connectivity index (χ1n) is 5.45. The van der Waals surface area contributed by atoms with E-state index in [0.717, 1.165) is 21.1 Å². The van der Waals surface area contributed by atoms with Crippen LogP contribution in [0, 0.1) is 0 Å². The van der Waals surface area contributed by atoms with Crippen LogP contribution < -0.4 is 5.32 Å². The van der Waals surface area contributed by atoms with Gasteiger partial charge >= 0.3 is 5.97 Å². The maximum absolute atomic E-state index is 11.7. The van der Waals surface area contributed by atoms with Gasteiger partial charge in [-0.2, -0.15) is 0 Å². The lowest BCUT2D eigenvalue weighted by Gasteiger charge is -2.02. The maximum atomic E-state index is 11.7. The third kappa shape index (κ3) is 5.49. The lowest BCUT2D eigenvalue weighted by atomic mass is 10.2. The lowest BCUT2D eigenvalue weighted by molar-refractivity contribution is -0.137. The van der Waals surface area contributed by atoms with E-state index in [1.165, 1.54) is 11.3 Å².